The molecule has 1 saturated heterocycles. The van der Waals surface area contributed by atoms with Crippen LogP contribution in [0.1, 0.15) is 60.8 Å². The summed E-state index contributed by atoms with van der Waals surface area (Å²) < 4.78 is 11.9. The molecule has 0 bridgehead atoms. The molecule has 1 atom stereocenters. The molecule has 1 unspecified atom stereocenters. The fraction of sp³-hybridized carbons (Fsp3) is 0.727. The van der Waals surface area contributed by atoms with Gasteiger partial charge in [0.15, 0.2) is 8.32 Å². The van der Waals surface area contributed by atoms with Crippen LogP contribution in [0.25, 0.3) is 0 Å². The zero-order valence-corrected chi connectivity index (χ0v) is 20.1. The van der Waals surface area contributed by atoms with Gasteiger partial charge in [-0.1, -0.05) is 32.9 Å². The van der Waals surface area contributed by atoms with Crippen molar-refractivity contribution in [1.82, 2.24) is 4.90 Å². The standard InChI is InChI=1S/C22H39NO4Si/c1-11-13-22(14-12-2)15-17(16-26-28(9,10)21(6,7)8)23(18(22)24)19(25)27-20(3,4)5/h11-12,17H,1-2,13-16H2,3-10H3. The molecule has 160 valence electrons. The fourth-order valence-corrected chi connectivity index (χ4v) is 4.27. The Morgan fingerprint density at radius 1 is 1.18 bits per heavy atom. The lowest BCUT2D eigenvalue weighted by Crippen LogP contribution is -2.48. The van der Waals surface area contributed by atoms with E-state index in [4.69, 9.17) is 9.16 Å². The molecular formula is C22H39NO4Si. The Hall–Kier alpha value is -1.40. The predicted molar refractivity (Wildman–Crippen MR) is 117 cm³/mol. The molecule has 28 heavy (non-hydrogen) atoms. The van der Waals surface area contributed by atoms with Crippen molar-refractivity contribution in [1.29, 1.82) is 0 Å². The Balaban J connectivity index is 3.20. The molecule has 1 fully saturated rings. The molecule has 0 spiro atoms. The second-order valence-electron chi connectivity index (χ2n) is 10.4. The van der Waals surface area contributed by atoms with Crippen LogP contribution in [-0.4, -0.2) is 43.5 Å². The minimum Gasteiger partial charge on any atom is -0.443 e. The highest BCUT2D eigenvalue weighted by atomic mass is 28.4. The van der Waals surface area contributed by atoms with Gasteiger partial charge in [-0.15, -0.1) is 13.2 Å². The number of allylic oxidation sites excluding steroid dienone is 2. The van der Waals surface area contributed by atoms with Gasteiger partial charge in [0.2, 0.25) is 5.91 Å². The summed E-state index contributed by atoms with van der Waals surface area (Å²) >= 11 is 0. The Labute approximate surface area is 172 Å². The smallest absolute Gasteiger partial charge is 0.417 e. The molecule has 1 rings (SSSR count). The van der Waals surface area contributed by atoms with E-state index in [1.165, 1.54) is 4.90 Å². The molecule has 5 nitrogen and oxygen atoms in total. The van der Waals surface area contributed by atoms with E-state index < -0.39 is 25.4 Å². The SMILES string of the molecule is C=CCC1(CC=C)CC(CO[Si](C)(C)C(C)(C)C)N(C(=O)OC(C)(C)C)C1=O. The highest BCUT2D eigenvalue weighted by Gasteiger charge is 2.54. The number of imide groups is 1. The first kappa shape index (κ1) is 24.6. The van der Waals surface area contributed by atoms with Crippen LogP contribution in [-0.2, 0) is 14.0 Å². The Morgan fingerprint density at radius 2 is 1.68 bits per heavy atom. The van der Waals surface area contributed by atoms with E-state index in [9.17, 15) is 9.59 Å². The number of amides is 2. The van der Waals surface area contributed by atoms with Gasteiger partial charge in [0, 0.05) is 0 Å². The molecule has 6 heteroatoms. The van der Waals surface area contributed by atoms with Gasteiger partial charge in [0.25, 0.3) is 0 Å². The lowest BCUT2D eigenvalue weighted by Gasteiger charge is -2.37. The average Bonchev–Trinajstić information content (AvgIpc) is 2.76. The van der Waals surface area contributed by atoms with Crippen LogP contribution in [0.2, 0.25) is 18.1 Å². The summed E-state index contributed by atoms with van der Waals surface area (Å²) in [7, 11) is -2.02. The maximum atomic E-state index is 13.4. The zero-order valence-electron chi connectivity index (χ0n) is 19.1. The van der Waals surface area contributed by atoms with Crippen LogP contribution in [0.5, 0.6) is 0 Å². The predicted octanol–water partition coefficient (Wildman–Crippen LogP) is 5.68. The number of rotatable bonds is 7. The van der Waals surface area contributed by atoms with Crippen LogP contribution in [0.15, 0.2) is 25.3 Å². The quantitative estimate of drug-likeness (QED) is 0.401. The van der Waals surface area contributed by atoms with E-state index in [1.54, 1.807) is 32.9 Å². The van der Waals surface area contributed by atoms with E-state index in [1.807, 2.05) is 0 Å². The van der Waals surface area contributed by atoms with Crippen LogP contribution in [0.3, 0.4) is 0 Å². The zero-order chi connectivity index (χ0) is 22.0. The van der Waals surface area contributed by atoms with E-state index in [2.05, 4.69) is 47.0 Å². The third-order valence-corrected chi connectivity index (χ3v) is 10.3. The topological polar surface area (TPSA) is 55.8 Å². The first-order valence-electron chi connectivity index (χ1n) is 10.0. The van der Waals surface area contributed by atoms with Crippen molar-refractivity contribution >= 4 is 20.3 Å². The molecule has 0 radical (unpaired) electrons. The van der Waals surface area contributed by atoms with Crippen molar-refractivity contribution in [3.8, 4) is 0 Å². The summed E-state index contributed by atoms with van der Waals surface area (Å²) in [6.45, 7) is 24.2. The largest absolute Gasteiger partial charge is 0.443 e. The summed E-state index contributed by atoms with van der Waals surface area (Å²) in [6.07, 6.45) is 4.40. The molecule has 0 aliphatic carbocycles. The molecule has 0 N–H and O–H groups in total. The van der Waals surface area contributed by atoms with Crippen molar-refractivity contribution < 1.29 is 18.8 Å². The number of hydrogen-bond acceptors (Lipinski definition) is 4. The molecule has 0 aromatic carbocycles. The highest BCUT2D eigenvalue weighted by molar-refractivity contribution is 6.74. The molecule has 2 amide bonds. The normalized spacial score (nSPS) is 20.2. The van der Waals surface area contributed by atoms with Gasteiger partial charge in [-0.2, -0.15) is 0 Å². The second kappa shape index (κ2) is 8.53. The first-order valence-corrected chi connectivity index (χ1v) is 12.9. The van der Waals surface area contributed by atoms with E-state index in [-0.39, 0.29) is 17.0 Å². The summed E-state index contributed by atoms with van der Waals surface area (Å²) in [4.78, 5) is 27.5. The van der Waals surface area contributed by atoms with Crippen molar-refractivity contribution in [3.05, 3.63) is 25.3 Å². The van der Waals surface area contributed by atoms with Crippen LogP contribution in [0.4, 0.5) is 4.79 Å². The third kappa shape index (κ3) is 5.57. The molecule has 1 heterocycles. The Bertz CT molecular complexity index is 603. The number of likely N-dealkylation sites (tertiary alicyclic amines) is 1. The van der Waals surface area contributed by atoms with Gasteiger partial charge < -0.3 is 9.16 Å². The number of carbonyl (C=O) groups is 2. The molecule has 0 aromatic rings. The molecule has 1 aliphatic rings. The number of carbonyl (C=O) groups excluding carboxylic acids is 2. The Morgan fingerprint density at radius 3 is 2.07 bits per heavy atom. The summed E-state index contributed by atoms with van der Waals surface area (Å²) in [6, 6.07) is -0.351. The monoisotopic (exact) mass is 409 g/mol. The molecular weight excluding hydrogens is 370 g/mol. The maximum absolute atomic E-state index is 13.4. The Kier molecular flexibility index (Phi) is 7.51. The second-order valence-corrected chi connectivity index (χ2v) is 15.2. The van der Waals surface area contributed by atoms with Gasteiger partial charge in [0.05, 0.1) is 18.1 Å². The average molecular weight is 410 g/mol. The van der Waals surface area contributed by atoms with Gasteiger partial charge >= 0.3 is 6.09 Å². The van der Waals surface area contributed by atoms with Crippen LogP contribution >= 0.6 is 0 Å². The minimum absolute atomic E-state index is 0.0473. The lowest BCUT2D eigenvalue weighted by molar-refractivity contribution is -0.136. The van der Waals surface area contributed by atoms with Gasteiger partial charge in [-0.3, -0.25) is 4.79 Å². The third-order valence-electron chi connectivity index (χ3n) is 5.77. The number of nitrogens with zero attached hydrogens (tertiary/aromatic N) is 1. The van der Waals surface area contributed by atoms with Crippen molar-refractivity contribution in [3.63, 3.8) is 0 Å². The fourth-order valence-electron chi connectivity index (χ4n) is 3.23. The highest BCUT2D eigenvalue weighted by Crippen LogP contribution is 2.44. The molecule has 0 aromatic heterocycles. The summed E-state index contributed by atoms with van der Waals surface area (Å²) in [5.74, 6) is -0.217. The van der Waals surface area contributed by atoms with Crippen LogP contribution < -0.4 is 0 Å². The number of hydrogen-bond donors (Lipinski definition) is 0. The van der Waals surface area contributed by atoms with Crippen LogP contribution in [0, 0.1) is 5.41 Å². The molecule has 1 aliphatic heterocycles. The summed E-state index contributed by atoms with van der Waals surface area (Å²) in [5.41, 5.74) is -1.38. The van der Waals surface area contributed by atoms with E-state index in [0.717, 1.165) is 0 Å². The van der Waals surface area contributed by atoms with E-state index >= 15 is 0 Å². The van der Waals surface area contributed by atoms with E-state index in [0.29, 0.717) is 25.9 Å². The first-order chi connectivity index (χ1) is 12.6. The maximum Gasteiger partial charge on any atom is 0.417 e. The lowest BCUT2D eigenvalue weighted by atomic mass is 9.78. The van der Waals surface area contributed by atoms with Gasteiger partial charge in [-0.25, -0.2) is 9.69 Å². The van der Waals surface area contributed by atoms with Crippen molar-refractivity contribution in [2.24, 2.45) is 5.41 Å². The molecule has 0 saturated carbocycles. The van der Waals surface area contributed by atoms with Crippen molar-refractivity contribution in [2.45, 2.75) is 90.6 Å². The van der Waals surface area contributed by atoms with Crippen molar-refractivity contribution in [2.75, 3.05) is 6.61 Å². The minimum atomic E-state index is -2.02. The van der Waals surface area contributed by atoms with Gasteiger partial charge in [0.1, 0.15) is 5.60 Å². The van der Waals surface area contributed by atoms with Gasteiger partial charge in [-0.05, 0) is 58.2 Å². The number of ether oxygens (including phenoxy) is 1. The summed E-state index contributed by atoms with van der Waals surface area (Å²) in [5, 5.41) is 0.0473.